The van der Waals surface area contributed by atoms with Crippen LogP contribution in [0.15, 0.2) is 52.4 Å². The average Bonchev–Trinajstić information content (AvgIpc) is 3.02. The summed E-state index contributed by atoms with van der Waals surface area (Å²) >= 11 is 1.46. The summed E-state index contributed by atoms with van der Waals surface area (Å²) in [7, 11) is -1.68. The molecule has 3 aromatic rings. The van der Waals surface area contributed by atoms with Crippen LogP contribution >= 0.6 is 11.3 Å². The van der Waals surface area contributed by atoms with Crippen molar-refractivity contribution in [3.8, 4) is 0 Å². The van der Waals surface area contributed by atoms with Gasteiger partial charge in [-0.25, -0.2) is 8.42 Å². The fraction of sp³-hybridized carbons (Fsp3) is 0.364. The standard InChI is InChI=1S/C22H27N3O3S2/c1-5-13-25(14-6-2)30(27,28)18-10-8-17(9-11-18)21(26)23-22-24(4)19-12-7-16(3)15-20(19)29-22/h7-12,15H,5-6,13-14H2,1-4H3. The highest BCUT2D eigenvalue weighted by Crippen LogP contribution is 2.19. The summed E-state index contributed by atoms with van der Waals surface area (Å²) in [5.41, 5.74) is 2.53. The molecular formula is C22H27N3O3S2. The second kappa shape index (κ2) is 9.24. The van der Waals surface area contributed by atoms with Crippen LogP contribution in [-0.4, -0.2) is 36.3 Å². The van der Waals surface area contributed by atoms with Gasteiger partial charge in [-0.2, -0.15) is 9.30 Å². The number of nitrogens with zero attached hydrogens (tertiary/aromatic N) is 3. The molecule has 0 saturated heterocycles. The first kappa shape index (κ1) is 22.4. The molecule has 2 aromatic carbocycles. The number of rotatable bonds is 7. The lowest BCUT2D eigenvalue weighted by Gasteiger charge is -2.21. The molecule has 0 bridgehead atoms. The lowest BCUT2D eigenvalue weighted by Crippen LogP contribution is -2.32. The molecule has 8 heteroatoms. The van der Waals surface area contributed by atoms with E-state index >= 15 is 0 Å². The lowest BCUT2D eigenvalue weighted by molar-refractivity contribution is 0.0998. The van der Waals surface area contributed by atoms with E-state index in [1.165, 1.54) is 39.9 Å². The minimum Gasteiger partial charge on any atom is -0.319 e. The molecule has 0 atom stereocenters. The van der Waals surface area contributed by atoms with E-state index in [0.717, 1.165) is 28.6 Å². The molecule has 160 valence electrons. The summed E-state index contributed by atoms with van der Waals surface area (Å²) in [6.45, 7) is 6.90. The van der Waals surface area contributed by atoms with Crippen LogP contribution in [0.2, 0.25) is 0 Å². The van der Waals surface area contributed by atoms with E-state index in [4.69, 9.17) is 0 Å². The summed E-state index contributed by atoms with van der Waals surface area (Å²) in [5, 5.41) is 0. The number of hydrogen-bond donors (Lipinski definition) is 0. The fourth-order valence-electron chi connectivity index (χ4n) is 3.27. The highest BCUT2D eigenvalue weighted by Gasteiger charge is 2.23. The van der Waals surface area contributed by atoms with Gasteiger partial charge in [0.25, 0.3) is 5.91 Å². The third kappa shape index (κ3) is 4.55. The fourth-order valence-corrected chi connectivity index (χ4v) is 6.01. The number of carbonyl (C=O) groups is 1. The molecule has 0 saturated carbocycles. The van der Waals surface area contributed by atoms with Crippen molar-refractivity contribution >= 4 is 37.5 Å². The first-order chi connectivity index (χ1) is 14.3. The maximum atomic E-state index is 12.9. The molecule has 6 nitrogen and oxygen atoms in total. The van der Waals surface area contributed by atoms with E-state index in [2.05, 4.69) is 11.1 Å². The largest absolute Gasteiger partial charge is 0.319 e. The first-order valence-electron chi connectivity index (χ1n) is 10.0. The summed E-state index contributed by atoms with van der Waals surface area (Å²) in [4.78, 5) is 17.7. The molecule has 0 N–H and O–H groups in total. The van der Waals surface area contributed by atoms with E-state index in [1.54, 1.807) is 0 Å². The molecule has 3 rings (SSSR count). The molecule has 1 amide bonds. The zero-order chi connectivity index (χ0) is 21.9. The minimum absolute atomic E-state index is 0.198. The van der Waals surface area contributed by atoms with E-state index in [1.807, 2.05) is 44.5 Å². The topological polar surface area (TPSA) is 71.7 Å². The Morgan fingerprint density at radius 3 is 2.30 bits per heavy atom. The third-order valence-corrected chi connectivity index (χ3v) is 7.85. The Balaban J connectivity index is 1.90. The Morgan fingerprint density at radius 1 is 1.07 bits per heavy atom. The molecule has 0 aliphatic rings. The molecule has 30 heavy (non-hydrogen) atoms. The SMILES string of the molecule is CCCN(CCC)S(=O)(=O)c1ccc(C(=O)N=c2sc3cc(C)ccc3n2C)cc1. The van der Waals surface area contributed by atoms with Crippen LogP contribution < -0.4 is 4.80 Å². The Morgan fingerprint density at radius 2 is 1.70 bits per heavy atom. The van der Waals surface area contributed by atoms with Crippen LogP contribution in [0.3, 0.4) is 0 Å². The van der Waals surface area contributed by atoms with Gasteiger partial charge in [-0.05, 0) is 61.7 Å². The summed E-state index contributed by atoms with van der Waals surface area (Å²) in [5.74, 6) is -0.392. The van der Waals surface area contributed by atoms with Crippen LogP contribution in [0.4, 0.5) is 0 Å². The van der Waals surface area contributed by atoms with Crippen LogP contribution in [0.1, 0.15) is 42.6 Å². The Kier molecular flexibility index (Phi) is 6.90. The van der Waals surface area contributed by atoms with Crippen molar-refractivity contribution in [1.29, 1.82) is 0 Å². The van der Waals surface area contributed by atoms with E-state index < -0.39 is 15.9 Å². The maximum absolute atomic E-state index is 12.9. The summed E-state index contributed by atoms with van der Waals surface area (Å²) in [6, 6.07) is 12.2. The molecular weight excluding hydrogens is 418 g/mol. The van der Waals surface area contributed by atoms with Crippen LogP contribution in [0.5, 0.6) is 0 Å². The Hall–Kier alpha value is -2.29. The van der Waals surface area contributed by atoms with Gasteiger partial charge in [-0.3, -0.25) is 4.79 Å². The average molecular weight is 446 g/mol. The number of aromatic nitrogens is 1. The summed E-state index contributed by atoms with van der Waals surface area (Å²) in [6.07, 6.45) is 1.50. The molecule has 0 unspecified atom stereocenters. The van der Waals surface area contributed by atoms with Crippen molar-refractivity contribution in [2.24, 2.45) is 12.0 Å². The van der Waals surface area contributed by atoms with Gasteiger partial charge < -0.3 is 4.57 Å². The van der Waals surface area contributed by atoms with Crippen molar-refractivity contribution in [3.63, 3.8) is 0 Å². The number of fused-ring (bicyclic) bond motifs is 1. The second-order valence-corrected chi connectivity index (χ2v) is 10.2. The van der Waals surface area contributed by atoms with Crippen molar-refractivity contribution < 1.29 is 13.2 Å². The predicted molar refractivity (Wildman–Crippen MR) is 121 cm³/mol. The zero-order valence-electron chi connectivity index (χ0n) is 17.8. The number of hydrogen-bond acceptors (Lipinski definition) is 4. The molecule has 0 fully saturated rings. The highest BCUT2D eigenvalue weighted by molar-refractivity contribution is 7.89. The molecule has 1 aromatic heterocycles. The van der Waals surface area contributed by atoms with Crippen molar-refractivity contribution in [3.05, 3.63) is 58.4 Å². The van der Waals surface area contributed by atoms with Crippen molar-refractivity contribution in [2.75, 3.05) is 13.1 Å². The Labute approximate surface area is 181 Å². The molecule has 0 aliphatic carbocycles. The number of carbonyl (C=O) groups excluding carboxylic acids is 1. The third-order valence-electron chi connectivity index (χ3n) is 4.85. The molecule has 1 heterocycles. The minimum atomic E-state index is -3.57. The van der Waals surface area contributed by atoms with Crippen molar-refractivity contribution in [2.45, 2.75) is 38.5 Å². The highest BCUT2D eigenvalue weighted by atomic mass is 32.2. The molecule has 0 spiro atoms. The number of aryl methyl sites for hydroxylation is 2. The normalized spacial score (nSPS) is 12.8. The number of benzene rings is 2. The van der Waals surface area contributed by atoms with Crippen LogP contribution in [0, 0.1) is 6.92 Å². The molecule has 0 radical (unpaired) electrons. The molecule has 0 aliphatic heterocycles. The van der Waals surface area contributed by atoms with Gasteiger partial charge in [0.2, 0.25) is 10.0 Å². The number of sulfonamides is 1. The van der Waals surface area contributed by atoms with Gasteiger partial charge >= 0.3 is 0 Å². The van der Waals surface area contributed by atoms with Crippen LogP contribution in [0.25, 0.3) is 10.2 Å². The van der Waals surface area contributed by atoms with E-state index in [9.17, 15) is 13.2 Å². The first-order valence-corrected chi connectivity index (χ1v) is 12.3. The van der Waals surface area contributed by atoms with Gasteiger partial charge in [0.05, 0.1) is 15.1 Å². The Bertz CT molecular complexity index is 1220. The smallest absolute Gasteiger partial charge is 0.279 e. The zero-order valence-corrected chi connectivity index (χ0v) is 19.4. The number of amides is 1. The maximum Gasteiger partial charge on any atom is 0.279 e. The van der Waals surface area contributed by atoms with Gasteiger partial charge in [0.15, 0.2) is 4.80 Å². The van der Waals surface area contributed by atoms with Crippen LogP contribution in [-0.2, 0) is 17.1 Å². The number of thiazole rings is 1. The van der Waals surface area contributed by atoms with Gasteiger partial charge in [0.1, 0.15) is 0 Å². The van der Waals surface area contributed by atoms with E-state index in [-0.39, 0.29) is 4.90 Å². The lowest BCUT2D eigenvalue weighted by atomic mass is 10.2. The van der Waals surface area contributed by atoms with E-state index in [0.29, 0.717) is 23.5 Å². The van der Waals surface area contributed by atoms with Gasteiger partial charge in [0, 0.05) is 25.7 Å². The van der Waals surface area contributed by atoms with Gasteiger partial charge in [-0.1, -0.05) is 31.3 Å². The summed E-state index contributed by atoms with van der Waals surface area (Å²) < 4.78 is 30.2. The second-order valence-electron chi connectivity index (χ2n) is 7.26. The monoisotopic (exact) mass is 445 g/mol. The quantitative estimate of drug-likeness (QED) is 0.550. The van der Waals surface area contributed by atoms with Crippen molar-refractivity contribution in [1.82, 2.24) is 8.87 Å². The van der Waals surface area contributed by atoms with Gasteiger partial charge in [-0.15, -0.1) is 0 Å². The predicted octanol–water partition coefficient (Wildman–Crippen LogP) is 4.10.